The van der Waals surface area contributed by atoms with Crippen LogP contribution in [0.3, 0.4) is 0 Å². The second-order valence-electron chi connectivity index (χ2n) is 12.4. The summed E-state index contributed by atoms with van der Waals surface area (Å²) >= 11 is 0. The van der Waals surface area contributed by atoms with Gasteiger partial charge in [0.1, 0.15) is 11.6 Å². The Kier molecular flexibility index (Phi) is 12.7. The van der Waals surface area contributed by atoms with E-state index >= 15 is 0 Å². The Morgan fingerprint density at radius 2 is 1.53 bits per heavy atom. The number of carbonyl (C=O) groups is 2. The van der Waals surface area contributed by atoms with E-state index in [9.17, 15) is 44.3 Å². The summed E-state index contributed by atoms with van der Waals surface area (Å²) < 4.78 is 110. The molecule has 2 saturated heterocycles. The van der Waals surface area contributed by atoms with Crippen LogP contribution < -0.4 is 20.4 Å². The SMILES string of the molecule is O=C(CCCC1CCN(c2cc(N3CCCC(C(=O)NCCc4ccc(C(F)(F)F)cc4)C3)nc(C(F)(F)F)n2)CC1)NCCS(=O)(=O)O. The van der Waals surface area contributed by atoms with Crippen LogP contribution >= 0.6 is 0 Å². The van der Waals surface area contributed by atoms with Crippen LogP contribution in [0.4, 0.5) is 38.0 Å². The van der Waals surface area contributed by atoms with E-state index in [1.165, 1.54) is 18.2 Å². The molecule has 1 aromatic carbocycles. The number of halogens is 6. The van der Waals surface area contributed by atoms with Gasteiger partial charge in [0.25, 0.3) is 10.1 Å². The van der Waals surface area contributed by atoms with E-state index < -0.39 is 45.5 Å². The first-order valence-corrected chi connectivity index (χ1v) is 17.7. The largest absolute Gasteiger partial charge is 0.451 e. The first kappa shape index (κ1) is 38.1. The molecule has 0 aliphatic carbocycles. The van der Waals surface area contributed by atoms with E-state index in [4.69, 9.17) is 4.55 Å². The molecule has 0 bridgehead atoms. The zero-order valence-corrected chi connectivity index (χ0v) is 27.5. The highest BCUT2D eigenvalue weighted by molar-refractivity contribution is 7.85. The maximum absolute atomic E-state index is 13.9. The third kappa shape index (κ3) is 12.0. The number of rotatable bonds is 13. The molecule has 2 aromatic rings. The normalized spacial score (nSPS) is 18.0. The molecule has 3 N–H and O–H groups in total. The highest BCUT2D eigenvalue weighted by atomic mass is 32.2. The van der Waals surface area contributed by atoms with Crippen molar-refractivity contribution in [3.63, 3.8) is 0 Å². The first-order chi connectivity index (χ1) is 23.0. The molecule has 0 saturated carbocycles. The van der Waals surface area contributed by atoms with E-state index in [0.717, 1.165) is 12.1 Å². The maximum atomic E-state index is 13.9. The molecular formula is C31H40F6N6O5S. The molecule has 2 amide bonds. The second-order valence-corrected chi connectivity index (χ2v) is 14.0. The molecule has 2 aliphatic rings. The molecule has 18 heteroatoms. The van der Waals surface area contributed by atoms with Gasteiger partial charge in [-0.2, -0.15) is 34.8 Å². The van der Waals surface area contributed by atoms with Gasteiger partial charge in [0.2, 0.25) is 17.6 Å². The van der Waals surface area contributed by atoms with Gasteiger partial charge in [-0.15, -0.1) is 0 Å². The van der Waals surface area contributed by atoms with E-state index in [2.05, 4.69) is 20.6 Å². The molecule has 49 heavy (non-hydrogen) atoms. The number of carbonyl (C=O) groups excluding carboxylic acids is 2. The lowest BCUT2D eigenvalue weighted by Crippen LogP contribution is -2.44. The van der Waals surface area contributed by atoms with Crippen LogP contribution in [0, 0.1) is 11.8 Å². The monoisotopic (exact) mass is 722 g/mol. The third-order valence-electron chi connectivity index (χ3n) is 8.70. The van der Waals surface area contributed by atoms with Crippen LogP contribution in [0.25, 0.3) is 0 Å². The highest BCUT2D eigenvalue weighted by Crippen LogP contribution is 2.34. The predicted molar refractivity (Wildman–Crippen MR) is 168 cm³/mol. The Morgan fingerprint density at radius 1 is 0.878 bits per heavy atom. The number of hydrogen-bond acceptors (Lipinski definition) is 8. The van der Waals surface area contributed by atoms with Gasteiger partial charge in [-0.25, -0.2) is 9.97 Å². The van der Waals surface area contributed by atoms with Gasteiger partial charge < -0.3 is 20.4 Å². The van der Waals surface area contributed by atoms with Crippen molar-refractivity contribution in [2.75, 3.05) is 54.8 Å². The number of alkyl halides is 6. The molecule has 2 fully saturated rings. The smallest absolute Gasteiger partial charge is 0.356 e. The van der Waals surface area contributed by atoms with Gasteiger partial charge >= 0.3 is 12.4 Å². The molecular weight excluding hydrogens is 682 g/mol. The van der Waals surface area contributed by atoms with Gasteiger partial charge in [-0.05, 0) is 68.6 Å². The fourth-order valence-electron chi connectivity index (χ4n) is 6.02. The second kappa shape index (κ2) is 16.4. The summed E-state index contributed by atoms with van der Waals surface area (Å²) in [4.78, 5) is 35.9. The van der Waals surface area contributed by atoms with Crippen molar-refractivity contribution < 1.29 is 48.9 Å². The van der Waals surface area contributed by atoms with Crippen LogP contribution in [0.15, 0.2) is 30.3 Å². The van der Waals surface area contributed by atoms with Gasteiger partial charge in [0.05, 0.1) is 17.2 Å². The summed E-state index contributed by atoms with van der Waals surface area (Å²) in [5.41, 5.74) is -0.141. The van der Waals surface area contributed by atoms with Crippen LogP contribution in [-0.4, -0.2) is 79.8 Å². The van der Waals surface area contributed by atoms with Crippen LogP contribution in [-0.2, 0) is 38.5 Å². The lowest BCUT2D eigenvalue weighted by atomic mass is 9.91. The minimum Gasteiger partial charge on any atom is -0.356 e. The fourth-order valence-corrected chi connectivity index (χ4v) is 6.38. The fraction of sp³-hybridized carbons (Fsp3) is 0.613. The number of hydrogen-bond donors (Lipinski definition) is 3. The molecule has 4 rings (SSSR count). The molecule has 11 nitrogen and oxygen atoms in total. The van der Waals surface area contributed by atoms with Crippen molar-refractivity contribution in [2.45, 2.75) is 63.7 Å². The van der Waals surface area contributed by atoms with Crippen molar-refractivity contribution in [1.82, 2.24) is 20.6 Å². The average Bonchev–Trinajstić information content (AvgIpc) is 3.04. The summed E-state index contributed by atoms with van der Waals surface area (Å²) in [5.74, 6) is -2.53. The zero-order valence-electron chi connectivity index (χ0n) is 26.7. The maximum Gasteiger partial charge on any atom is 0.451 e. The van der Waals surface area contributed by atoms with E-state index in [0.29, 0.717) is 70.1 Å². The minimum absolute atomic E-state index is 0.0710. The lowest BCUT2D eigenvalue weighted by Gasteiger charge is -2.35. The molecule has 1 aromatic heterocycles. The molecule has 3 heterocycles. The summed E-state index contributed by atoms with van der Waals surface area (Å²) in [6.07, 6.45) is -5.07. The predicted octanol–water partition coefficient (Wildman–Crippen LogP) is 4.48. The van der Waals surface area contributed by atoms with E-state index in [1.807, 2.05) is 0 Å². The summed E-state index contributed by atoms with van der Waals surface area (Å²) in [5, 5.41) is 5.23. The number of anilines is 2. The number of nitrogens with zero attached hydrogens (tertiary/aromatic N) is 4. The van der Waals surface area contributed by atoms with Crippen LogP contribution in [0.5, 0.6) is 0 Å². The van der Waals surface area contributed by atoms with E-state index in [-0.39, 0.29) is 55.4 Å². The number of benzene rings is 1. The lowest BCUT2D eigenvalue weighted by molar-refractivity contribution is -0.145. The Morgan fingerprint density at radius 3 is 2.14 bits per heavy atom. The van der Waals surface area contributed by atoms with Crippen LogP contribution in [0.1, 0.15) is 61.9 Å². The Balaban J connectivity index is 1.30. The summed E-state index contributed by atoms with van der Waals surface area (Å²) in [6, 6.07) is 6.19. The Bertz CT molecular complexity index is 1530. The summed E-state index contributed by atoms with van der Waals surface area (Å²) in [7, 11) is -4.16. The molecule has 1 unspecified atom stereocenters. The number of nitrogens with one attached hydrogen (secondary N) is 2. The minimum atomic E-state index is -4.80. The third-order valence-corrected chi connectivity index (χ3v) is 9.42. The van der Waals surface area contributed by atoms with Gasteiger partial charge in [0.15, 0.2) is 0 Å². The summed E-state index contributed by atoms with van der Waals surface area (Å²) in [6.45, 7) is 1.44. The molecule has 0 spiro atoms. The molecule has 1 atom stereocenters. The van der Waals surface area contributed by atoms with E-state index in [1.54, 1.807) is 9.80 Å². The van der Waals surface area contributed by atoms with Crippen molar-refractivity contribution in [3.05, 3.63) is 47.3 Å². The quantitative estimate of drug-likeness (QED) is 0.201. The van der Waals surface area contributed by atoms with Crippen molar-refractivity contribution in [1.29, 1.82) is 0 Å². The standard InChI is InChI=1S/C31H40F6N6O5S/c32-30(33,34)24-8-6-22(7-9-24)10-13-39-28(45)23-4-2-15-43(20-23)26-19-25(40-29(41-26)31(35,36)37)42-16-11-21(12-17-42)3-1-5-27(44)38-14-18-49(46,47)48/h6-9,19,21,23H,1-5,10-18,20H2,(H,38,44)(H,39,45)(H,46,47,48). The molecule has 272 valence electrons. The van der Waals surface area contributed by atoms with Crippen molar-refractivity contribution in [2.24, 2.45) is 11.8 Å². The molecule has 2 aliphatic heterocycles. The van der Waals surface area contributed by atoms with Crippen LogP contribution in [0.2, 0.25) is 0 Å². The molecule has 0 radical (unpaired) electrons. The van der Waals surface area contributed by atoms with Gasteiger partial charge in [-0.3, -0.25) is 14.1 Å². The Hall–Kier alpha value is -3.67. The Labute approximate surface area is 280 Å². The average molecular weight is 723 g/mol. The van der Waals surface area contributed by atoms with Crippen molar-refractivity contribution in [3.8, 4) is 0 Å². The first-order valence-electron chi connectivity index (χ1n) is 16.1. The van der Waals surface area contributed by atoms with Gasteiger partial charge in [-0.1, -0.05) is 12.1 Å². The van der Waals surface area contributed by atoms with Gasteiger partial charge in [0, 0.05) is 51.8 Å². The van der Waals surface area contributed by atoms with Crippen molar-refractivity contribution >= 4 is 33.6 Å². The highest BCUT2D eigenvalue weighted by Gasteiger charge is 2.37. The topological polar surface area (TPSA) is 145 Å². The zero-order chi connectivity index (χ0) is 35.8. The number of amides is 2. The number of piperidine rings is 2. The number of aromatic nitrogens is 2.